The molecule has 4 nitrogen and oxygen atoms in total. The monoisotopic (exact) mass is 380 g/mol. The molecule has 3 aromatic rings. The van der Waals surface area contributed by atoms with E-state index in [0.717, 1.165) is 18.2 Å². The van der Waals surface area contributed by atoms with E-state index in [1.54, 1.807) is 42.5 Å². The van der Waals surface area contributed by atoms with Crippen LogP contribution >= 0.6 is 0 Å². The Bertz CT molecular complexity index is 1050. The van der Waals surface area contributed by atoms with Crippen molar-refractivity contribution in [3.05, 3.63) is 107 Å². The van der Waals surface area contributed by atoms with Gasteiger partial charge in [-0.3, -0.25) is 9.59 Å². The largest absolute Gasteiger partial charge is 0.454 e. The third kappa shape index (κ3) is 4.17. The predicted octanol–water partition coefficient (Wildman–Crippen LogP) is 4.24. The molecule has 0 bridgehead atoms. The number of ketones is 2. The fourth-order valence-corrected chi connectivity index (χ4v) is 2.57. The Morgan fingerprint density at radius 3 is 2.04 bits per heavy atom. The van der Waals surface area contributed by atoms with Gasteiger partial charge in [0.15, 0.2) is 29.8 Å². The third-order valence-corrected chi connectivity index (χ3v) is 4.00. The van der Waals surface area contributed by atoms with Crippen molar-refractivity contribution in [2.45, 2.75) is 0 Å². The van der Waals surface area contributed by atoms with Crippen LogP contribution in [0.25, 0.3) is 0 Å². The van der Waals surface area contributed by atoms with Gasteiger partial charge in [-0.1, -0.05) is 48.5 Å². The highest BCUT2D eigenvalue weighted by atomic mass is 19.2. The predicted molar refractivity (Wildman–Crippen MR) is 97.3 cm³/mol. The van der Waals surface area contributed by atoms with E-state index in [1.807, 2.05) is 0 Å². The van der Waals surface area contributed by atoms with E-state index < -0.39 is 30.0 Å². The van der Waals surface area contributed by atoms with Gasteiger partial charge in [0.2, 0.25) is 0 Å². The van der Waals surface area contributed by atoms with Crippen molar-refractivity contribution in [2.24, 2.45) is 0 Å². The molecule has 0 N–H and O–H groups in total. The van der Waals surface area contributed by atoms with Gasteiger partial charge < -0.3 is 4.74 Å². The summed E-state index contributed by atoms with van der Waals surface area (Å²) in [5, 5.41) is 0. The van der Waals surface area contributed by atoms with Gasteiger partial charge in [0.1, 0.15) is 0 Å². The first-order valence-electron chi connectivity index (χ1n) is 8.31. The molecule has 0 atom stereocenters. The Morgan fingerprint density at radius 2 is 1.36 bits per heavy atom. The maximum absolute atomic E-state index is 13.2. The number of halogens is 2. The molecule has 3 rings (SSSR count). The van der Waals surface area contributed by atoms with Crippen LogP contribution in [0.4, 0.5) is 8.78 Å². The van der Waals surface area contributed by atoms with E-state index in [2.05, 4.69) is 0 Å². The number of carbonyl (C=O) groups excluding carboxylic acids is 3. The van der Waals surface area contributed by atoms with Crippen LogP contribution in [0.15, 0.2) is 72.8 Å². The van der Waals surface area contributed by atoms with Crippen molar-refractivity contribution in [1.29, 1.82) is 0 Å². The summed E-state index contributed by atoms with van der Waals surface area (Å²) in [5.41, 5.74) is 0.425. The lowest BCUT2D eigenvalue weighted by Crippen LogP contribution is -2.17. The van der Waals surface area contributed by atoms with Gasteiger partial charge in [-0.15, -0.1) is 0 Å². The van der Waals surface area contributed by atoms with Crippen molar-refractivity contribution in [3.8, 4) is 0 Å². The molecule has 0 saturated heterocycles. The number of rotatable bonds is 6. The van der Waals surface area contributed by atoms with Crippen molar-refractivity contribution >= 4 is 17.5 Å². The lowest BCUT2D eigenvalue weighted by atomic mass is 9.98. The Hall–Kier alpha value is -3.67. The number of ether oxygens (including phenoxy) is 1. The van der Waals surface area contributed by atoms with Crippen molar-refractivity contribution in [2.75, 3.05) is 6.61 Å². The Balaban J connectivity index is 1.75. The zero-order valence-electron chi connectivity index (χ0n) is 14.5. The summed E-state index contributed by atoms with van der Waals surface area (Å²) < 4.78 is 31.2. The normalized spacial score (nSPS) is 10.4. The molecule has 0 spiro atoms. The number of esters is 1. The fourth-order valence-electron chi connectivity index (χ4n) is 2.57. The highest BCUT2D eigenvalue weighted by molar-refractivity contribution is 6.14. The molecule has 0 aliphatic carbocycles. The van der Waals surface area contributed by atoms with Gasteiger partial charge in [-0.05, 0) is 24.3 Å². The summed E-state index contributed by atoms with van der Waals surface area (Å²) in [5.74, 6) is -4.17. The molecule has 3 aromatic carbocycles. The molecule has 0 aromatic heterocycles. The van der Waals surface area contributed by atoms with Crippen LogP contribution in [-0.4, -0.2) is 24.1 Å². The van der Waals surface area contributed by atoms with Gasteiger partial charge in [0.25, 0.3) is 0 Å². The van der Waals surface area contributed by atoms with Crippen molar-refractivity contribution in [3.63, 3.8) is 0 Å². The summed E-state index contributed by atoms with van der Waals surface area (Å²) in [6.45, 7) is -0.669. The van der Waals surface area contributed by atoms with Crippen molar-refractivity contribution < 1.29 is 27.9 Å². The van der Waals surface area contributed by atoms with Crippen LogP contribution < -0.4 is 0 Å². The first kappa shape index (κ1) is 19.1. The second-order valence-electron chi connectivity index (χ2n) is 5.87. The molecule has 0 saturated carbocycles. The van der Waals surface area contributed by atoms with Crippen LogP contribution in [0.2, 0.25) is 0 Å². The minimum atomic E-state index is -1.17. The highest BCUT2D eigenvalue weighted by Gasteiger charge is 2.20. The Labute approximate surface area is 159 Å². The molecular formula is C22H14F2O4. The molecule has 0 heterocycles. The molecule has 0 unspecified atom stereocenters. The molecule has 6 heteroatoms. The van der Waals surface area contributed by atoms with Crippen LogP contribution in [-0.2, 0) is 4.74 Å². The fraction of sp³-hybridized carbons (Fsp3) is 0.0455. The summed E-state index contributed by atoms with van der Waals surface area (Å²) in [4.78, 5) is 37.1. The SMILES string of the molecule is O=C(COC(=O)c1ccccc1C(=O)c1ccccc1)c1ccc(F)c(F)c1. The number of hydrogen-bond donors (Lipinski definition) is 0. The summed E-state index contributed by atoms with van der Waals surface area (Å²) >= 11 is 0. The standard InChI is InChI=1S/C22H14F2O4/c23-18-11-10-15(12-19(18)24)20(25)13-28-22(27)17-9-5-4-8-16(17)21(26)14-6-2-1-3-7-14/h1-12H,13H2. The molecule has 28 heavy (non-hydrogen) atoms. The molecule has 0 aliphatic heterocycles. The van der Waals surface area contributed by atoms with E-state index in [-0.39, 0.29) is 22.5 Å². The number of benzene rings is 3. The summed E-state index contributed by atoms with van der Waals surface area (Å²) in [6, 6.07) is 17.1. The molecule has 0 amide bonds. The van der Waals surface area contributed by atoms with E-state index >= 15 is 0 Å². The van der Waals surface area contributed by atoms with Crippen LogP contribution in [0.5, 0.6) is 0 Å². The quantitative estimate of drug-likeness (QED) is 0.474. The average molecular weight is 380 g/mol. The Morgan fingerprint density at radius 1 is 0.714 bits per heavy atom. The van der Waals surface area contributed by atoms with E-state index in [0.29, 0.717) is 5.56 Å². The first-order chi connectivity index (χ1) is 13.5. The molecule has 140 valence electrons. The average Bonchev–Trinajstić information content (AvgIpc) is 2.73. The van der Waals surface area contributed by atoms with Crippen LogP contribution in [0.3, 0.4) is 0 Å². The van der Waals surface area contributed by atoms with E-state index in [1.165, 1.54) is 12.1 Å². The topological polar surface area (TPSA) is 60.4 Å². The minimum absolute atomic E-state index is 0.00874. The van der Waals surface area contributed by atoms with Gasteiger partial charge in [-0.2, -0.15) is 0 Å². The number of hydrogen-bond acceptors (Lipinski definition) is 4. The summed E-state index contributed by atoms with van der Waals surface area (Å²) in [7, 11) is 0. The minimum Gasteiger partial charge on any atom is -0.454 e. The van der Waals surface area contributed by atoms with Crippen LogP contribution in [0.1, 0.15) is 36.6 Å². The Kier molecular flexibility index (Phi) is 5.69. The van der Waals surface area contributed by atoms with Gasteiger partial charge in [0.05, 0.1) is 5.56 Å². The lowest BCUT2D eigenvalue weighted by molar-refractivity contribution is 0.0473. The first-order valence-corrected chi connectivity index (χ1v) is 8.31. The molecule has 0 aliphatic rings. The van der Waals surface area contributed by atoms with Gasteiger partial charge in [-0.25, -0.2) is 13.6 Å². The van der Waals surface area contributed by atoms with Crippen molar-refractivity contribution in [1.82, 2.24) is 0 Å². The van der Waals surface area contributed by atoms with E-state index in [4.69, 9.17) is 4.74 Å². The number of carbonyl (C=O) groups is 3. The molecule has 0 radical (unpaired) electrons. The zero-order chi connectivity index (χ0) is 20.1. The van der Waals surface area contributed by atoms with Crippen LogP contribution in [0, 0.1) is 11.6 Å². The molecule has 0 fully saturated rings. The highest BCUT2D eigenvalue weighted by Crippen LogP contribution is 2.16. The summed E-state index contributed by atoms with van der Waals surface area (Å²) in [6.07, 6.45) is 0. The maximum atomic E-state index is 13.2. The maximum Gasteiger partial charge on any atom is 0.339 e. The number of Topliss-reactive ketones (excluding diaryl/α,β-unsaturated/α-hetero) is 1. The molecular weight excluding hydrogens is 366 g/mol. The van der Waals surface area contributed by atoms with E-state index in [9.17, 15) is 23.2 Å². The van der Waals surface area contributed by atoms with Gasteiger partial charge >= 0.3 is 5.97 Å². The second kappa shape index (κ2) is 8.35. The second-order valence-corrected chi connectivity index (χ2v) is 5.87. The van der Waals surface area contributed by atoms with Gasteiger partial charge in [0, 0.05) is 16.7 Å². The third-order valence-electron chi connectivity index (χ3n) is 4.00. The smallest absolute Gasteiger partial charge is 0.339 e. The zero-order valence-corrected chi connectivity index (χ0v) is 14.5. The lowest BCUT2D eigenvalue weighted by Gasteiger charge is -2.09.